The first-order valence-corrected chi connectivity index (χ1v) is 8.96. The second-order valence-electron chi connectivity index (χ2n) is 6.63. The molecule has 2 rings (SSSR count). The van der Waals surface area contributed by atoms with Crippen molar-refractivity contribution in [3.8, 4) is 5.75 Å². The van der Waals surface area contributed by atoms with Gasteiger partial charge < -0.3 is 20.1 Å². The van der Waals surface area contributed by atoms with Crippen molar-refractivity contribution in [3.05, 3.63) is 29.3 Å². The number of methoxy groups -OCH3 is 1. The van der Waals surface area contributed by atoms with E-state index in [0.717, 1.165) is 43.6 Å². The van der Waals surface area contributed by atoms with Gasteiger partial charge in [-0.05, 0) is 32.4 Å². The predicted molar refractivity (Wildman–Crippen MR) is 118 cm³/mol. The third-order valence-corrected chi connectivity index (χ3v) is 4.66. The number of hydrogen-bond donors (Lipinski definition) is 2. The van der Waals surface area contributed by atoms with Gasteiger partial charge in [0.15, 0.2) is 5.96 Å². The zero-order valence-corrected chi connectivity index (χ0v) is 18.9. The van der Waals surface area contributed by atoms with E-state index in [-0.39, 0.29) is 24.0 Å². The third-order valence-electron chi connectivity index (χ3n) is 4.66. The van der Waals surface area contributed by atoms with E-state index in [9.17, 15) is 0 Å². The summed E-state index contributed by atoms with van der Waals surface area (Å²) in [6.45, 7) is 10.6. The number of aryl methyl sites for hydroxylation is 1. The van der Waals surface area contributed by atoms with Crippen LogP contribution in [0.4, 0.5) is 0 Å². The highest BCUT2D eigenvalue weighted by Crippen LogP contribution is 2.19. The molecule has 1 aliphatic rings. The van der Waals surface area contributed by atoms with Crippen molar-refractivity contribution in [2.45, 2.75) is 39.4 Å². The molecule has 0 saturated carbocycles. The number of nitrogens with one attached hydrogen (secondary N) is 2. The Morgan fingerprint density at radius 1 is 1.42 bits per heavy atom. The van der Waals surface area contributed by atoms with Crippen molar-refractivity contribution in [1.29, 1.82) is 0 Å². The summed E-state index contributed by atoms with van der Waals surface area (Å²) >= 11 is 0. The summed E-state index contributed by atoms with van der Waals surface area (Å²) < 4.78 is 11.0. The number of hydrogen-bond acceptors (Lipinski definition) is 4. The highest BCUT2D eigenvalue weighted by molar-refractivity contribution is 14.0. The van der Waals surface area contributed by atoms with Crippen molar-refractivity contribution in [3.63, 3.8) is 0 Å². The van der Waals surface area contributed by atoms with Gasteiger partial charge in [-0.1, -0.05) is 12.1 Å². The Bertz CT molecular complexity index is 583. The molecule has 0 bridgehead atoms. The molecule has 0 radical (unpaired) electrons. The van der Waals surface area contributed by atoms with Crippen molar-refractivity contribution in [2.24, 2.45) is 4.99 Å². The first-order chi connectivity index (χ1) is 12.0. The van der Waals surface area contributed by atoms with Crippen molar-refractivity contribution in [2.75, 3.05) is 40.5 Å². The molecular weight excluding hydrogens is 443 g/mol. The lowest BCUT2D eigenvalue weighted by Gasteiger charge is -2.38. The topological polar surface area (TPSA) is 58.1 Å². The monoisotopic (exact) mass is 476 g/mol. The third kappa shape index (κ3) is 6.59. The van der Waals surface area contributed by atoms with Gasteiger partial charge in [-0.25, -0.2) is 0 Å². The second kappa shape index (κ2) is 11.6. The maximum absolute atomic E-state index is 5.52. The summed E-state index contributed by atoms with van der Waals surface area (Å²) in [5.74, 6) is 1.70. The molecular formula is C19H33IN4O2. The van der Waals surface area contributed by atoms with Gasteiger partial charge in [-0.15, -0.1) is 24.0 Å². The first-order valence-electron chi connectivity index (χ1n) is 8.96. The van der Waals surface area contributed by atoms with E-state index in [0.29, 0.717) is 18.6 Å². The highest BCUT2D eigenvalue weighted by atomic mass is 127. The van der Waals surface area contributed by atoms with Crippen LogP contribution in [0.15, 0.2) is 23.2 Å². The van der Waals surface area contributed by atoms with Gasteiger partial charge in [-0.2, -0.15) is 0 Å². The summed E-state index contributed by atoms with van der Waals surface area (Å²) in [6, 6.07) is 7.11. The molecule has 0 spiro atoms. The molecule has 148 valence electrons. The van der Waals surface area contributed by atoms with Gasteiger partial charge in [0.2, 0.25) is 0 Å². The smallest absolute Gasteiger partial charge is 0.191 e. The minimum atomic E-state index is 0. The van der Waals surface area contributed by atoms with Gasteiger partial charge >= 0.3 is 0 Å². The average Bonchev–Trinajstić information content (AvgIpc) is 2.62. The van der Waals surface area contributed by atoms with Crippen LogP contribution in [0.1, 0.15) is 25.0 Å². The molecule has 1 aromatic rings. The minimum absolute atomic E-state index is 0. The molecule has 1 heterocycles. The Morgan fingerprint density at radius 3 is 2.85 bits per heavy atom. The van der Waals surface area contributed by atoms with Crippen LogP contribution in [-0.2, 0) is 11.3 Å². The van der Waals surface area contributed by atoms with Crippen LogP contribution in [0.2, 0.25) is 0 Å². The van der Waals surface area contributed by atoms with Gasteiger partial charge in [0.1, 0.15) is 5.75 Å². The number of nitrogens with zero attached hydrogens (tertiary/aromatic N) is 2. The molecule has 1 saturated heterocycles. The Morgan fingerprint density at radius 2 is 2.19 bits per heavy atom. The lowest BCUT2D eigenvalue weighted by Crippen LogP contribution is -2.52. The highest BCUT2D eigenvalue weighted by Gasteiger charge is 2.23. The number of rotatable bonds is 6. The van der Waals surface area contributed by atoms with E-state index in [4.69, 9.17) is 9.47 Å². The summed E-state index contributed by atoms with van der Waals surface area (Å²) in [5.41, 5.74) is 2.31. The van der Waals surface area contributed by atoms with Crippen LogP contribution >= 0.6 is 24.0 Å². The largest absolute Gasteiger partial charge is 0.496 e. The Kier molecular flexibility index (Phi) is 10.3. The fourth-order valence-electron chi connectivity index (χ4n) is 3.15. The van der Waals surface area contributed by atoms with Crippen LogP contribution in [-0.4, -0.2) is 63.4 Å². The molecule has 0 amide bonds. The fraction of sp³-hybridized carbons (Fsp3) is 0.632. The van der Waals surface area contributed by atoms with E-state index in [1.165, 1.54) is 5.56 Å². The van der Waals surface area contributed by atoms with E-state index in [1.54, 1.807) is 14.2 Å². The minimum Gasteiger partial charge on any atom is -0.496 e. The molecule has 26 heavy (non-hydrogen) atoms. The van der Waals surface area contributed by atoms with Crippen molar-refractivity contribution in [1.82, 2.24) is 15.5 Å². The van der Waals surface area contributed by atoms with E-state index < -0.39 is 0 Å². The zero-order valence-electron chi connectivity index (χ0n) is 16.5. The molecule has 6 nitrogen and oxygen atoms in total. The SMILES string of the molecule is CN=C(NCc1ccc(C)cc1OC)NCC(C)N1CCOCC1C.I. The first kappa shape index (κ1) is 23.0. The second-order valence-corrected chi connectivity index (χ2v) is 6.63. The Labute approximate surface area is 174 Å². The fourth-order valence-corrected chi connectivity index (χ4v) is 3.15. The number of aliphatic imine (C=N–C) groups is 1. The van der Waals surface area contributed by atoms with E-state index in [1.807, 2.05) is 0 Å². The van der Waals surface area contributed by atoms with Crippen molar-refractivity contribution < 1.29 is 9.47 Å². The molecule has 1 aromatic carbocycles. The van der Waals surface area contributed by atoms with Gasteiger partial charge in [0.25, 0.3) is 0 Å². The molecule has 7 heteroatoms. The Hall–Kier alpha value is -1.06. The average molecular weight is 476 g/mol. The maximum Gasteiger partial charge on any atom is 0.191 e. The predicted octanol–water partition coefficient (Wildman–Crippen LogP) is 2.40. The van der Waals surface area contributed by atoms with E-state index >= 15 is 0 Å². The van der Waals surface area contributed by atoms with Gasteiger partial charge in [0.05, 0.1) is 20.3 Å². The molecule has 2 unspecified atom stereocenters. The van der Waals surface area contributed by atoms with E-state index in [2.05, 4.69) is 59.5 Å². The number of benzene rings is 1. The summed E-state index contributed by atoms with van der Waals surface area (Å²) in [7, 11) is 3.50. The summed E-state index contributed by atoms with van der Waals surface area (Å²) in [5, 5.41) is 6.79. The van der Waals surface area contributed by atoms with Crippen LogP contribution < -0.4 is 15.4 Å². The number of guanidine groups is 1. The summed E-state index contributed by atoms with van der Waals surface area (Å²) in [4.78, 5) is 6.80. The standard InChI is InChI=1S/C19H32N4O2.HI/c1-14-6-7-17(18(10-14)24-5)12-22-19(20-4)21-11-15(2)23-8-9-25-13-16(23)3;/h6-7,10,15-16H,8-9,11-13H2,1-5H3,(H2,20,21,22);1H. The van der Waals surface area contributed by atoms with Crippen LogP contribution in [0.3, 0.4) is 0 Å². The zero-order chi connectivity index (χ0) is 18.2. The van der Waals surface area contributed by atoms with Crippen LogP contribution in [0, 0.1) is 6.92 Å². The molecule has 2 atom stereocenters. The van der Waals surface area contributed by atoms with Gasteiger partial charge in [0, 0.05) is 44.3 Å². The maximum atomic E-state index is 5.52. The van der Waals surface area contributed by atoms with Crippen LogP contribution in [0.5, 0.6) is 5.75 Å². The number of ether oxygens (including phenoxy) is 2. The lowest BCUT2D eigenvalue weighted by atomic mass is 10.1. The van der Waals surface area contributed by atoms with Gasteiger partial charge in [-0.3, -0.25) is 9.89 Å². The number of morpholine rings is 1. The quantitative estimate of drug-likeness (QED) is 0.375. The normalized spacial score (nSPS) is 19.4. The Balaban J connectivity index is 0.00000338. The summed E-state index contributed by atoms with van der Waals surface area (Å²) in [6.07, 6.45) is 0. The lowest BCUT2D eigenvalue weighted by molar-refractivity contribution is -0.0174. The van der Waals surface area contributed by atoms with Crippen LogP contribution in [0.25, 0.3) is 0 Å². The number of halogens is 1. The molecule has 1 fully saturated rings. The molecule has 2 N–H and O–H groups in total. The van der Waals surface area contributed by atoms with Crippen molar-refractivity contribution >= 4 is 29.9 Å². The molecule has 0 aromatic heterocycles. The molecule has 0 aliphatic carbocycles. The molecule has 1 aliphatic heterocycles.